The minimum Gasteiger partial charge on any atom is -0.481 e. The number of carbonyl (C=O) groups excluding carboxylic acids is 1. The molecular weight excluding hydrogens is 230 g/mol. The van der Waals surface area contributed by atoms with E-state index in [9.17, 15) is 9.59 Å². The number of carboxylic acids is 1. The predicted molar refractivity (Wildman–Crippen MR) is 70.2 cm³/mol. The first-order valence-corrected chi connectivity index (χ1v) is 6.93. The van der Waals surface area contributed by atoms with Crippen molar-refractivity contribution in [3.8, 4) is 0 Å². The van der Waals surface area contributed by atoms with Gasteiger partial charge in [0, 0.05) is 18.9 Å². The summed E-state index contributed by atoms with van der Waals surface area (Å²) in [5.41, 5.74) is 0.209. The molecule has 1 fully saturated rings. The fourth-order valence-corrected chi connectivity index (χ4v) is 2.18. The molecule has 1 amide bonds. The Morgan fingerprint density at radius 2 is 1.72 bits per heavy atom. The lowest BCUT2D eigenvalue weighted by Crippen LogP contribution is -2.27. The van der Waals surface area contributed by atoms with Gasteiger partial charge < -0.3 is 10.4 Å². The van der Waals surface area contributed by atoms with Crippen molar-refractivity contribution >= 4 is 11.9 Å². The van der Waals surface area contributed by atoms with E-state index in [-0.39, 0.29) is 23.7 Å². The number of hydrogen-bond acceptors (Lipinski definition) is 2. The third-order valence-corrected chi connectivity index (χ3v) is 3.70. The molecule has 1 atom stereocenters. The van der Waals surface area contributed by atoms with E-state index in [1.165, 1.54) is 0 Å². The third-order valence-electron chi connectivity index (χ3n) is 3.70. The van der Waals surface area contributed by atoms with E-state index in [1.54, 1.807) is 0 Å². The normalized spacial score (nSPS) is 20.4. The zero-order chi connectivity index (χ0) is 13.6. The van der Waals surface area contributed by atoms with Gasteiger partial charge in [-0.3, -0.25) is 9.59 Å². The molecule has 0 aromatic heterocycles. The number of aliphatic carboxylic acids is 1. The third kappa shape index (κ3) is 5.52. The molecule has 4 heteroatoms. The summed E-state index contributed by atoms with van der Waals surface area (Å²) >= 11 is 0. The van der Waals surface area contributed by atoms with Crippen molar-refractivity contribution < 1.29 is 14.7 Å². The summed E-state index contributed by atoms with van der Waals surface area (Å²) in [7, 11) is 0. The molecule has 0 aliphatic heterocycles. The SMILES string of the molecule is CC1(C)CC1C(=O)NCCCCCCCC(=O)O. The fourth-order valence-electron chi connectivity index (χ4n) is 2.18. The molecule has 18 heavy (non-hydrogen) atoms. The summed E-state index contributed by atoms with van der Waals surface area (Å²) < 4.78 is 0. The van der Waals surface area contributed by atoms with Crippen LogP contribution < -0.4 is 5.32 Å². The molecule has 0 heterocycles. The van der Waals surface area contributed by atoms with Crippen molar-refractivity contribution in [2.75, 3.05) is 6.54 Å². The summed E-state index contributed by atoms with van der Waals surface area (Å²) in [4.78, 5) is 21.9. The average molecular weight is 255 g/mol. The maximum absolute atomic E-state index is 11.7. The van der Waals surface area contributed by atoms with Crippen LogP contribution in [0.5, 0.6) is 0 Å². The van der Waals surface area contributed by atoms with Gasteiger partial charge in [0.1, 0.15) is 0 Å². The highest BCUT2D eigenvalue weighted by Gasteiger charge is 2.50. The molecule has 0 saturated heterocycles. The van der Waals surface area contributed by atoms with Gasteiger partial charge in [0.2, 0.25) is 5.91 Å². The van der Waals surface area contributed by atoms with Crippen molar-refractivity contribution in [2.24, 2.45) is 11.3 Å². The van der Waals surface area contributed by atoms with Gasteiger partial charge >= 0.3 is 5.97 Å². The number of rotatable bonds is 9. The number of unbranched alkanes of at least 4 members (excludes halogenated alkanes) is 4. The first-order valence-electron chi connectivity index (χ1n) is 6.93. The van der Waals surface area contributed by atoms with Crippen LogP contribution in [-0.2, 0) is 9.59 Å². The first kappa shape index (κ1) is 15.0. The Morgan fingerprint density at radius 1 is 1.17 bits per heavy atom. The standard InChI is InChI=1S/C14H25NO3/c1-14(2)10-11(14)13(18)15-9-7-5-3-4-6-8-12(16)17/h11H,3-10H2,1-2H3,(H,15,18)(H,16,17). The Morgan fingerprint density at radius 3 is 2.28 bits per heavy atom. The molecule has 1 saturated carbocycles. The number of carbonyl (C=O) groups is 2. The van der Waals surface area contributed by atoms with Gasteiger partial charge in [-0.25, -0.2) is 0 Å². The summed E-state index contributed by atoms with van der Waals surface area (Å²) in [6.45, 7) is 5.00. The number of amides is 1. The van der Waals surface area contributed by atoms with Crippen LogP contribution in [0, 0.1) is 11.3 Å². The maximum Gasteiger partial charge on any atom is 0.303 e. The summed E-state index contributed by atoms with van der Waals surface area (Å²) in [5.74, 6) is -0.298. The monoisotopic (exact) mass is 255 g/mol. The van der Waals surface area contributed by atoms with Crippen LogP contribution in [0.1, 0.15) is 58.8 Å². The van der Waals surface area contributed by atoms with Crippen molar-refractivity contribution in [2.45, 2.75) is 58.8 Å². The van der Waals surface area contributed by atoms with Crippen LogP contribution in [0.15, 0.2) is 0 Å². The Bertz CT molecular complexity index is 299. The largest absolute Gasteiger partial charge is 0.481 e. The highest BCUT2D eigenvalue weighted by Crippen LogP contribution is 2.51. The summed E-state index contributed by atoms with van der Waals surface area (Å²) in [6, 6.07) is 0. The van der Waals surface area contributed by atoms with E-state index < -0.39 is 5.97 Å². The summed E-state index contributed by atoms with van der Waals surface area (Å²) in [6.07, 6.45) is 6.12. The molecule has 4 nitrogen and oxygen atoms in total. The van der Waals surface area contributed by atoms with Gasteiger partial charge in [0.05, 0.1) is 0 Å². The zero-order valence-corrected chi connectivity index (χ0v) is 11.5. The van der Waals surface area contributed by atoms with E-state index in [0.29, 0.717) is 0 Å². The molecule has 104 valence electrons. The van der Waals surface area contributed by atoms with Gasteiger partial charge in [0.25, 0.3) is 0 Å². The highest BCUT2D eigenvalue weighted by atomic mass is 16.4. The van der Waals surface area contributed by atoms with Gasteiger partial charge in [-0.1, -0.05) is 33.1 Å². The molecule has 0 spiro atoms. The minimum absolute atomic E-state index is 0.200. The van der Waals surface area contributed by atoms with Crippen LogP contribution in [0.4, 0.5) is 0 Å². The first-order chi connectivity index (χ1) is 8.43. The van der Waals surface area contributed by atoms with E-state index >= 15 is 0 Å². The van der Waals surface area contributed by atoms with E-state index in [0.717, 1.165) is 45.1 Å². The van der Waals surface area contributed by atoms with Crippen molar-refractivity contribution in [3.05, 3.63) is 0 Å². The molecular formula is C14H25NO3. The van der Waals surface area contributed by atoms with Crippen molar-refractivity contribution in [1.29, 1.82) is 0 Å². The van der Waals surface area contributed by atoms with Gasteiger partial charge in [-0.05, 0) is 24.7 Å². The Kier molecular flexibility index (Phi) is 5.63. The Hall–Kier alpha value is -1.06. The second-order valence-electron chi connectivity index (χ2n) is 5.95. The zero-order valence-electron chi connectivity index (χ0n) is 11.5. The molecule has 0 radical (unpaired) electrons. The average Bonchev–Trinajstić information content (AvgIpc) is 2.91. The van der Waals surface area contributed by atoms with Gasteiger partial charge in [0.15, 0.2) is 0 Å². The number of hydrogen-bond donors (Lipinski definition) is 2. The quantitative estimate of drug-likeness (QED) is 0.622. The Labute approximate surface area is 109 Å². The van der Waals surface area contributed by atoms with Crippen molar-refractivity contribution in [1.82, 2.24) is 5.32 Å². The van der Waals surface area contributed by atoms with Gasteiger partial charge in [-0.2, -0.15) is 0 Å². The number of nitrogens with one attached hydrogen (secondary N) is 1. The van der Waals surface area contributed by atoms with Crippen molar-refractivity contribution in [3.63, 3.8) is 0 Å². The molecule has 0 aromatic rings. The maximum atomic E-state index is 11.7. The molecule has 1 unspecified atom stereocenters. The second-order valence-corrected chi connectivity index (χ2v) is 5.95. The number of carboxylic acid groups (broad SMARTS) is 1. The molecule has 1 aliphatic carbocycles. The second kappa shape index (κ2) is 6.76. The Balaban J connectivity index is 1.87. The molecule has 1 rings (SSSR count). The fraction of sp³-hybridized carbons (Fsp3) is 0.857. The highest BCUT2D eigenvalue weighted by molar-refractivity contribution is 5.82. The van der Waals surface area contributed by atoms with E-state index in [1.807, 2.05) is 0 Å². The van der Waals surface area contributed by atoms with Gasteiger partial charge in [-0.15, -0.1) is 0 Å². The van der Waals surface area contributed by atoms with E-state index in [4.69, 9.17) is 5.11 Å². The lowest BCUT2D eigenvalue weighted by Gasteiger charge is -2.06. The van der Waals surface area contributed by atoms with Crippen LogP contribution in [-0.4, -0.2) is 23.5 Å². The molecule has 2 N–H and O–H groups in total. The van der Waals surface area contributed by atoms with Crippen LogP contribution in [0.3, 0.4) is 0 Å². The lowest BCUT2D eigenvalue weighted by atomic mass is 10.1. The predicted octanol–water partition coefficient (Wildman–Crippen LogP) is 2.57. The molecule has 0 aromatic carbocycles. The van der Waals surface area contributed by atoms with Crippen LogP contribution in [0.25, 0.3) is 0 Å². The minimum atomic E-state index is -0.714. The summed E-state index contributed by atoms with van der Waals surface area (Å²) in [5, 5.41) is 11.4. The molecule has 1 aliphatic rings. The topological polar surface area (TPSA) is 66.4 Å². The lowest BCUT2D eigenvalue weighted by molar-refractivity contribution is -0.137. The van der Waals surface area contributed by atoms with Crippen LogP contribution in [0.2, 0.25) is 0 Å². The van der Waals surface area contributed by atoms with Crippen LogP contribution >= 0.6 is 0 Å². The molecule has 0 bridgehead atoms. The smallest absolute Gasteiger partial charge is 0.303 e. The van der Waals surface area contributed by atoms with E-state index in [2.05, 4.69) is 19.2 Å².